The molecule has 1 aromatic carbocycles. The van der Waals surface area contributed by atoms with E-state index in [4.69, 9.17) is 0 Å². The van der Waals surface area contributed by atoms with Crippen LogP contribution in [-0.2, 0) is 30.4 Å². The van der Waals surface area contributed by atoms with Gasteiger partial charge in [0.05, 0.1) is 0 Å². The fourth-order valence-corrected chi connectivity index (χ4v) is 8.58. The maximum atomic E-state index is 12.1. The molecule has 0 saturated carbocycles. The van der Waals surface area contributed by atoms with Gasteiger partial charge in [-0.25, -0.2) is 0 Å². The number of hydrogen-bond acceptors (Lipinski definition) is 0. The topological polar surface area (TPSA) is 0 Å². The predicted octanol–water partition coefficient (Wildman–Crippen LogP) is 3.64. The van der Waals surface area contributed by atoms with E-state index in [9.17, 15) is 13.2 Å². The minimum absolute atomic E-state index is 0.554. The fraction of sp³-hybridized carbons (Fsp3) is 0.250. The van der Waals surface area contributed by atoms with E-state index in [1.54, 1.807) is 12.1 Å². The van der Waals surface area contributed by atoms with Crippen molar-refractivity contribution in [2.75, 3.05) is 0 Å². The van der Waals surface area contributed by atoms with Gasteiger partial charge in [0.2, 0.25) is 0 Å². The Morgan fingerprint density at radius 1 is 1.15 bits per heavy atom. The first-order valence-corrected chi connectivity index (χ1v) is 23.1. The first kappa shape index (κ1) is 11.7. The van der Waals surface area contributed by atoms with Crippen LogP contribution in [0.4, 0.5) is 13.2 Å². The molecule has 0 aliphatic rings. The average Bonchev–Trinajstić information content (AvgIpc) is 2.04. The third-order valence-corrected chi connectivity index (χ3v) is 9.38. The Balaban J connectivity index is 2.81. The number of hydrogen-bond donors (Lipinski definition) is 0. The van der Waals surface area contributed by atoms with Crippen molar-refractivity contribution in [3.8, 4) is 0 Å². The molecule has 1 aromatic rings. The first-order valence-electron chi connectivity index (χ1n) is 3.76. The van der Waals surface area contributed by atoms with Gasteiger partial charge in [-0.15, -0.1) is 0 Å². The summed E-state index contributed by atoms with van der Waals surface area (Å²) >= 11 is 1.64. The summed E-state index contributed by atoms with van der Waals surface area (Å²) in [5.41, 5.74) is 0.491. The standard InChI is InChI=1S/C8H6F3.Hg.HI/c1-6-2-4-7(5-3-6)8(9,10)11;;/h2-5H,1H2;;1H/q;+1;/p-1. The molecule has 68 valence electrons. The molecule has 0 saturated heterocycles. The molecule has 0 nitrogen and oxygen atoms in total. The zero-order chi connectivity index (χ0) is 9.90. The predicted molar refractivity (Wildman–Crippen MR) is 49.2 cm³/mol. The molecule has 0 radical (unpaired) electrons. The van der Waals surface area contributed by atoms with E-state index in [-0.39, 0.29) is 0 Å². The second-order valence-electron chi connectivity index (χ2n) is 2.63. The molecule has 0 heterocycles. The third kappa shape index (κ3) is 3.73. The summed E-state index contributed by atoms with van der Waals surface area (Å²) in [5.74, 6) is 0. The van der Waals surface area contributed by atoms with Crippen LogP contribution in [0.5, 0.6) is 0 Å². The van der Waals surface area contributed by atoms with Crippen LogP contribution in [0.25, 0.3) is 0 Å². The summed E-state index contributed by atoms with van der Waals surface area (Å²) in [4.78, 5) is 0. The van der Waals surface area contributed by atoms with Gasteiger partial charge in [-0.3, -0.25) is 0 Å². The molecule has 0 spiro atoms. The molecule has 0 aliphatic heterocycles. The van der Waals surface area contributed by atoms with Gasteiger partial charge in [0.25, 0.3) is 0 Å². The summed E-state index contributed by atoms with van der Waals surface area (Å²) < 4.78 is 37.4. The van der Waals surface area contributed by atoms with Crippen molar-refractivity contribution in [2.24, 2.45) is 0 Å². The average molecular weight is 487 g/mol. The van der Waals surface area contributed by atoms with Crippen LogP contribution in [0.15, 0.2) is 24.3 Å². The van der Waals surface area contributed by atoms with Crippen LogP contribution in [0.2, 0.25) is 0 Å². The Hall–Kier alpha value is 0.675. The summed E-state index contributed by atoms with van der Waals surface area (Å²) in [6.07, 6.45) is -4.20. The molecular weight excluding hydrogens is 481 g/mol. The summed E-state index contributed by atoms with van der Waals surface area (Å²) in [6, 6.07) is 5.49. The van der Waals surface area contributed by atoms with E-state index in [2.05, 4.69) is 17.7 Å². The van der Waals surface area contributed by atoms with E-state index >= 15 is 0 Å². The second kappa shape index (κ2) is 4.95. The molecule has 0 aromatic heterocycles. The fourth-order valence-electron chi connectivity index (χ4n) is 0.970. The number of rotatable bonds is 2. The second-order valence-corrected chi connectivity index (χ2v) is 15.5. The van der Waals surface area contributed by atoms with Gasteiger partial charge >= 0.3 is 96.6 Å². The van der Waals surface area contributed by atoms with E-state index in [1.807, 2.05) is 0 Å². The molecule has 0 unspecified atom stereocenters. The van der Waals surface area contributed by atoms with Crippen LogP contribution in [-0.4, -0.2) is 0 Å². The van der Waals surface area contributed by atoms with Crippen LogP contribution < -0.4 is 0 Å². The SMILES string of the molecule is FC(F)(F)c1ccc([CH2][Hg][I])cc1. The third-order valence-electron chi connectivity index (χ3n) is 1.66. The summed E-state index contributed by atoms with van der Waals surface area (Å²) in [6.45, 7) is 0. The molecule has 1 rings (SSSR count). The number of halogens is 4. The van der Waals surface area contributed by atoms with E-state index in [0.717, 1.165) is 21.6 Å². The molecular formula is C8H6F3HgI. The van der Waals surface area contributed by atoms with Gasteiger partial charge in [0, 0.05) is 0 Å². The van der Waals surface area contributed by atoms with Crippen LogP contribution in [0.3, 0.4) is 0 Å². The summed E-state index contributed by atoms with van der Waals surface area (Å²) in [5, 5.41) is 0. The molecule has 13 heavy (non-hydrogen) atoms. The monoisotopic (exact) mass is 488 g/mol. The van der Waals surface area contributed by atoms with Crippen molar-refractivity contribution < 1.29 is 33.4 Å². The molecule has 0 bridgehead atoms. The Bertz CT molecular complexity index is 268. The number of alkyl halides is 3. The number of benzene rings is 1. The van der Waals surface area contributed by atoms with Crippen LogP contribution in [0, 0.1) is 0 Å². The quantitative estimate of drug-likeness (QED) is 0.442. The van der Waals surface area contributed by atoms with Crippen molar-refractivity contribution in [2.45, 2.75) is 10.1 Å². The van der Waals surface area contributed by atoms with Gasteiger partial charge in [0.15, 0.2) is 0 Å². The molecule has 0 aliphatic carbocycles. The van der Waals surface area contributed by atoms with Gasteiger partial charge in [0.1, 0.15) is 0 Å². The van der Waals surface area contributed by atoms with Gasteiger partial charge in [-0.1, -0.05) is 0 Å². The van der Waals surface area contributed by atoms with E-state index < -0.39 is 32.0 Å². The van der Waals surface area contributed by atoms with Gasteiger partial charge in [-0.2, -0.15) is 0 Å². The van der Waals surface area contributed by atoms with Crippen molar-refractivity contribution in [3.63, 3.8) is 0 Å². The normalized spacial score (nSPS) is 11.1. The van der Waals surface area contributed by atoms with Crippen molar-refractivity contribution >= 4 is 17.7 Å². The molecule has 0 amide bonds. The first-order chi connectivity index (χ1) is 6.04. The van der Waals surface area contributed by atoms with Crippen LogP contribution in [0.1, 0.15) is 11.1 Å². The zero-order valence-corrected chi connectivity index (χ0v) is 14.4. The maximum absolute atomic E-state index is 12.1. The Kier molecular flexibility index (Phi) is 4.48. The minimum atomic E-state index is -4.20. The Morgan fingerprint density at radius 3 is 2.08 bits per heavy atom. The Morgan fingerprint density at radius 2 is 1.69 bits per heavy atom. The van der Waals surface area contributed by atoms with E-state index in [0.29, 0.717) is 0 Å². The van der Waals surface area contributed by atoms with Crippen molar-refractivity contribution in [1.82, 2.24) is 0 Å². The molecule has 5 heteroatoms. The Labute approximate surface area is 95.7 Å². The zero-order valence-electron chi connectivity index (χ0n) is 6.74. The molecule has 0 fully saturated rings. The molecule has 0 N–H and O–H groups in total. The van der Waals surface area contributed by atoms with E-state index in [1.165, 1.54) is 0 Å². The van der Waals surface area contributed by atoms with Crippen molar-refractivity contribution in [1.29, 1.82) is 0 Å². The van der Waals surface area contributed by atoms with Crippen LogP contribution >= 0.6 is 17.7 Å². The van der Waals surface area contributed by atoms with Crippen molar-refractivity contribution in [3.05, 3.63) is 35.4 Å². The van der Waals surface area contributed by atoms with Gasteiger partial charge < -0.3 is 0 Å². The molecule has 0 atom stereocenters. The van der Waals surface area contributed by atoms with Gasteiger partial charge in [-0.05, 0) is 0 Å². The summed E-state index contributed by atoms with van der Waals surface area (Å²) in [7, 11) is 0.